The molecule has 3 rings (SSSR count). The second-order valence-electron chi connectivity index (χ2n) is 5.14. The van der Waals surface area contributed by atoms with Gasteiger partial charge in [-0.1, -0.05) is 6.92 Å². The van der Waals surface area contributed by atoms with Crippen molar-refractivity contribution in [2.24, 2.45) is 0 Å². The fourth-order valence-electron chi connectivity index (χ4n) is 2.34. The largest absolute Gasteiger partial charge is 0.330 e. The molecule has 0 aliphatic heterocycles. The van der Waals surface area contributed by atoms with E-state index >= 15 is 0 Å². The Balaban J connectivity index is 1.97. The normalized spacial score (nSPS) is 16.8. The Hall–Kier alpha value is -1.20. The lowest BCUT2D eigenvalue weighted by Crippen LogP contribution is -2.24. The zero-order valence-corrected chi connectivity index (χ0v) is 12.5. The van der Waals surface area contributed by atoms with E-state index in [9.17, 15) is 0 Å². The van der Waals surface area contributed by atoms with E-state index in [1.54, 1.807) is 11.3 Å². The first-order valence-corrected chi connectivity index (χ1v) is 7.71. The molecule has 2 aromatic heterocycles. The summed E-state index contributed by atoms with van der Waals surface area (Å²) in [5.74, 6) is 0. The van der Waals surface area contributed by atoms with Gasteiger partial charge in [0.05, 0.1) is 23.9 Å². The summed E-state index contributed by atoms with van der Waals surface area (Å²) in [7, 11) is 0. The number of nitrogens with one attached hydrogen (secondary N) is 1. The Morgan fingerprint density at radius 1 is 1.47 bits per heavy atom. The Labute approximate surface area is 117 Å². The fraction of sp³-hybridized carbons (Fsp3) is 0.571. The van der Waals surface area contributed by atoms with Gasteiger partial charge in [0.25, 0.3) is 0 Å². The van der Waals surface area contributed by atoms with Crippen LogP contribution in [0.25, 0.3) is 0 Å². The summed E-state index contributed by atoms with van der Waals surface area (Å²) < 4.78 is 2.32. The van der Waals surface area contributed by atoms with Gasteiger partial charge in [0.15, 0.2) is 0 Å². The number of thiazole rings is 1. The van der Waals surface area contributed by atoms with Gasteiger partial charge in [-0.05, 0) is 33.2 Å². The van der Waals surface area contributed by atoms with E-state index in [1.807, 2.05) is 12.5 Å². The van der Waals surface area contributed by atoms with Crippen molar-refractivity contribution in [2.75, 3.05) is 6.54 Å². The van der Waals surface area contributed by atoms with Gasteiger partial charge in [-0.15, -0.1) is 11.3 Å². The van der Waals surface area contributed by atoms with Crippen LogP contribution >= 0.6 is 11.3 Å². The average Bonchev–Trinajstić information content (AvgIpc) is 3.03. The topological polar surface area (TPSA) is 42.7 Å². The summed E-state index contributed by atoms with van der Waals surface area (Å²) in [5, 5.41) is 4.70. The van der Waals surface area contributed by atoms with Gasteiger partial charge < -0.3 is 9.88 Å². The summed E-state index contributed by atoms with van der Waals surface area (Å²) >= 11 is 1.79. The lowest BCUT2D eigenvalue weighted by Gasteiger charge is -2.17. The summed E-state index contributed by atoms with van der Waals surface area (Å²) in [6.45, 7) is 7.28. The molecule has 2 aromatic rings. The molecular weight excluding hydrogens is 256 g/mol. The van der Waals surface area contributed by atoms with Crippen LogP contribution in [-0.4, -0.2) is 21.1 Å². The van der Waals surface area contributed by atoms with Crippen LogP contribution in [0.2, 0.25) is 0 Å². The molecule has 0 bridgehead atoms. The van der Waals surface area contributed by atoms with Gasteiger partial charge in [0.1, 0.15) is 11.0 Å². The fourth-order valence-corrected chi connectivity index (χ4v) is 3.35. The highest BCUT2D eigenvalue weighted by atomic mass is 32.1. The molecule has 1 fully saturated rings. The van der Waals surface area contributed by atoms with E-state index in [-0.39, 0.29) is 6.04 Å². The molecule has 0 spiro atoms. The maximum absolute atomic E-state index is 4.72. The van der Waals surface area contributed by atoms with Crippen molar-refractivity contribution >= 4 is 11.3 Å². The molecule has 0 radical (unpaired) electrons. The van der Waals surface area contributed by atoms with E-state index in [0.717, 1.165) is 17.2 Å². The van der Waals surface area contributed by atoms with Crippen LogP contribution in [0.1, 0.15) is 53.1 Å². The van der Waals surface area contributed by atoms with Crippen molar-refractivity contribution in [3.05, 3.63) is 33.8 Å². The monoisotopic (exact) mass is 276 g/mol. The Kier molecular flexibility index (Phi) is 3.41. The minimum atomic E-state index is 0.172. The number of aryl methyl sites for hydroxylation is 2. The van der Waals surface area contributed by atoms with Gasteiger partial charge in [0.2, 0.25) is 0 Å². The first-order valence-electron chi connectivity index (χ1n) is 6.89. The molecular formula is C14H20N4S. The number of aromatic nitrogens is 3. The van der Waals surface area contributed by atoms with Crippen LogP contribution in [0.5, 0.6) is 0 Å². The number of nitrogens with zero attached hydrogens (tertiary/aromatic N) is 3. The molecule has 19 heavy (non-hydrogen) atoms. The molecule has 4 nitrogen and oxygen atoms in total. The average molecular weight is 276 g/mol. The van der Waals surface area contributed by atoms with E-state index < -0.39 is 0 Å². The molecule has 0 aromatic carbocycles. The summed E-state index contributed by atoms with van der Waals surface area (Å²) in [6, 6.07) is 0.825. The third kappa shape index (κ3) is 2.44. The molecule has 2 heterocycles. The Morgan fingerprint density at radius 3 is 2.84 bits per heavy atom. The molecule has 1 atom stereocenters. The first kappa shape index (κ1) is 12.8. The number of hydrogen-bond donors (Lipinski definition) is 1. The summed E-state index contributed by atoms with van der Waals surface area (Å²) in [4.78, 5) is 10.4. The van der Waals surface area contributed by atoms with E-state index in [4.69, 9.17) is 4.98 Å². The van der Waals surface area contributed by atoms with Gasteiger partial charge in [-0.3, -0.25) is 0 Å². The molecule has 1 unspecified atom stereocenters. The quantitative estimate of drug-likeness (QED) is 0.913. The highest BCUT2D eigenvalue weighted by Gasteiger charge is 2.29. The zero-order chi connectivity index (χ0) is 13.4. The van der Waals surface area contributed by atoms with Crippen LogP contribution in [0.15, 0.2) is 12.5 Å². The van der Waals surface area contributed by atoms with E-state index in [1.165, 1.54) is 23.4 Å². The van der Waals surface area contributed by atoms with Gasteiger partial charge in [-0.2, -0.15) is 0 Å². The van der Waals surface area contributed by atoms with Gasteiger partial charge in [0, 0.05) is 10.9 Å². The van der Waals surface area contributed by atoms with Crippen LogP contribution < -0.4 is 5.32 Å². The van der Waals surface area contributed by atoms with Crippen molar-refractivity contribution in [3.8, 4) is 0 Å². The maximum Gasteiger partial charge on any atom is 0.116 e. The zero-order valence-electron chi connectivity index (χ0n) is 11.7. The minimum Gasteiger partial charge on any atom is -0.330 e. The molecule has 0 amide bonds. The van der Waals surface area contributed by atoms with Crippen molar-refractivity contribution in [1.29, 1.82) is 0 Å². The van der Waals surface area contributed by atoms with Crippen molar-refractivity contribution < 1.29 is 0 Å². The SMILES string of the molecule is CCNC(c1nc(C)c(C)s1)c1cncn1C1CC1. The van der Waals surface area contributed by atoms with Crippen molar-refractivity contribution in [1.82, 2.24) is 19.9 Å². The standard InChI is InChI=1S/C14H20N4S/c1-4-16-13(14-17-9(2)10(3)19-14)12-7-15-8-18(12)11-5-6-11/h7-8,11,13,16H,4-6H2,1-3H3. The third-order valence-electron chi connectivity index (χ3n) is 3.63. The predicted molar refractivity (Wildman–Crippen MR) is 77.6 cm³/mol. The lowest BCUT2D eigenvalue weighted by atomic mass is 10.2. The van der Waals surface area contributed by atoms with Crippen LogP contribution in [0.4, 0.5) is 0 Å². The Morgan fingerprint density at radius 2 is 2.26 bits per heavy atom. The number of rotatable bonds is 5. The Bertz CT molecular complexity index is 548. The highest BCUT2D eigenvalue weighted by molar-refractivity contribution is 7.11. The second-order valence-corrected chi connectivity index (χ2v) is 6.38. The number of hydrogen-bond acceptors (Lipinski definition) is 4. The smallest absolute Gasteiger partial charge is 0.116 e. The van der Waals surface area contributed by atoms with Crippen LogP contribution in [0, 0.1) is 13.8 Å². The highest BCUT2D eigenvalue weighted by Crippen LogP contribution is 2.38. The van der Waals surface area contributed by atoms with Crippen molar-refractivity contribution in [2.45, 2.75) is 45.7 Å². The van der Waals surface area contributed by atoms with Gasteiger partial charge in [-0.25, -0.2) is 9.97 Å². The van der Waals surface area contributed by atoms with Crippen LogP contribution in [-0.2, 0) is 0 Å². The molecule has 5 heteroatoms. The van der Waals surface area contributed by atoms with Crippen molar-refractivity contribution in [3.63, 3.8) is 0 Å². The number of imidazole rings is 1. The van der Waals surface area contributed by atoms with Gasteiger partial charge >= 0.3 is 0 Å². The van der Waals surface area contributed by atoms with E-state index in [2.05, 4.69) is 35.6 Å². The minimum absolute atomic E-state index is 0.172. The molecule has 1 aliphatic carbocycles. The van der Waals surface area contributed by atoms with E-state index in [0.29, 0.717) is 6.04 Å². The molecule has 1 saturated carbocycles. The third-order valence-corrected chi connectivity index (χ3v) is 4.77. The summed E-state index contributed by atoms with van der Waals surface area (Å²) in [5.41, 5.74) is 2.39. The molecule has 1 N–H and O–H groups in total. The molecule has 1 aliphatic rings. The lowest BCUT2D eigenvalue weighted by molar-refractivity contribution is 0.567. The molecule has 102 valence electrons. The maximum atomic E-state index is 4.72. The van der Waals surface area contributed by atoms with Crippen LogP contribution in [0.3, 0.4) is 0 Å². The first-order chi connectivity index (χ1) is 9.20. The second kappa shape index (κ2) is 5.06. The summed E-state index contributed by atoms with van der Waals surface area (Å²) in [6.07, 6.45) is 6.50. The molecule has 0 saturated heterocycles. The predicted octanol–water partition coefficient (Wildman–Crippen LogP) is 2.99.